The fourth-order valence-corrected chi connectivity index (χ4v) is 2.17. The normalized spacial score (nSPS) is 48.3. The second-order valence-electron chi connectivity index (χ2n) is 3.23. The van der Waals surface area contributed by atoms with Gasteiger partial charge in [0.1, 0.15) is 0 Å². The zero-order valence-electron chi connectivity index (χ0n) is 5.51. The number of aliphatic hydroxyl groups is 1. The summed E-state index contributed by atoms with van der Waals surface area (Å²) in [5.74, 6) is 0.792. The Balaban J connectivity index is 2.01. The highest BCUT2D eigenvalue weighted by molar-refractivity contribution is 4.96. The highest BCUT2D eigenvalue weighted by Crippen LogP contribution is 2.34. The second kappa shape index (κ2) is 1.96. The molecule has 0 aromatic heterocycles. The maximum absolute atomic E-state index is 8.83. The van der Waals surface area contributed by atoms with Crippen LogP contribution in [0.2, 0.25) is 0 Å². The predicted molar refractivity (Wildman–Crippen MR) is 35.1 cm³/mol. The Morgan fingerprint density at radius 3 is 2.67 bits per heavy atom. The van der Waals surface area contributed by atoms with Gasteiger partial charge in [0.05, 0.1) is 6.61 Å². The molecular weight excluding hydrogens is 114 g/mol. The SMILES string of the molecule is OC[C@@H]1N[C@@H]2CC[C@H]1C2. The van der Waals surface area contributed by atoms with Gasteiger partial charge in [0, 0.05) is 12.1 Å². The molecule has 2 fully saturated rings. The molecule has 0 aromatic carbocycles. The van der Waals surface area contributed by atoms with Gasteiger partial charge in [-0.05, 0) is 25.2 Å². The predicted octanol–water partition coefficient (Wildman–Crippen LogP) is 0.119. The van der Waals surface area contributed by atoms with E-state index in [0.29, 0.717) is 12.6 Å². The lowest BCUT2D eigenvalue weighted by atomic mass is 10.0. The molecule has 1 heterocycles. The summed E-state index contributed by atoms with van der Waals surface area (Å²) in [5.41, 5.74) is 0. The lowest BCUT2D eigenvalue weighted by Gasteiger charge is -2.20. The maximum Gasteiger partial charge on any atom is 0.0587 e. The van der Waals surface area contributed by atoms with Crippen LogP contribution in [0, 0.1) is 5.92 Å². The standard InChI is InChI=1S/C7H13NO/c9-4-7-5-1-2-6(3-5)8-7/h5-9H,1-4H2/t5-,6+,7-/m0/s1. The number of hydrogen-bond acceptors (Lipinski definition) is 2. The van der Waals surface area contributed by atoms with Crippen LogP contribution in [0.3, 0.4) is 0 Å². The van der Waals surface area contributed by atoms with Crippen molar-refractivity contribution in [2.24, 2.45) is 5.92 Å². The molecule has 2 bridgehead atoms. The van der Waals surface area contributed by atoms with Crippen molar-refractivity contribution in [3.05, 3.63) is 0 Å². The molecule has 1 saturated carbocycles. The van der Waals surface area contributed by atoms with Gasteiger partial charge in [-0.15, -0.1) is 0 Å². The minimum atomic E-state index is 0.334. The summed E-state index contributed by atoms with van der Waals surface area (Å²) in [6.45, 7) is 0.334. The first-order chi connectivity index (χ1) is 4.40. The third-order valence-electron chi connectivity index (χ3n) is 2.69. The highest BCUT2D eigenvalue weighted by atomic mass is 16.3. The van der Waals surface area contributed by atoms with Gasteiger partial charge in [0.2, 0.25) is 0 Å². The topological polar surface area (TPSA) is 32.3 Å². The third-order valence-corrected chi connectivity index (χ3v) is 2.69. The molecule has 9 heavy (non-hydrogen) atoms. The highest BCUT2D eigenvalue weighted by Gasteiger charge is 2.38. The average molecular weight is 127 g/mol. The van der Waals surface area contributed by atoms with Gasteiger partial charge in [0.25, 0.3) is 0 Å². The van der Waals surface area contributed by atoms with Gasteiger partial charge in [-0.2, -0.15) is 0 Å². The first-order valence-electron chi connectivity index (χ1n) is 3.77. The fourth-order valence-electron chi connectivity index (χ4n) is 2.17. The Morgan fingerprint density at radius 1 is 1.44 bits per heavy atom. The quantitative estimate of drug-likeness (QED) is 0.524. The van der Waals surface area contributed by atoms with Crippen molar-refractivity contribution in [1.29, 1.82) is 0 Å². The summed E-state index contributed by atoms with van der Waals surface area (Å²) >= 11 is 0. The van der Waals surface area contributed by atoms with Crippen LogP contribution in [0.1, 0.15) is 19.3 Å². The van der Waals surface area contributed by atoms with Crippen LogP contribution in [0.5, 0.6) is 0 Å². The third kappa shape index (κ3) is 0.775. The van der Waals surface area contributed by atoms with E-state index in [0.717, 1.165) is 12.0 Å². The Kier molecular flexibility index (Phi) is 1.24. The number of hydrogen-bond donors (Lipinski definition) is 2. The van der Waals surface area contributed by atoms with Gasteiger partial charge < -0.3 is 10.4 Å². The summed E-state index contributed by atoms with van der Waals surface area (Å²) in [5, 5.41) is 12.2. The van der Waals surface area contributed by atoms with E-state index >= 15 is 0 Å². The zero-order valence-corrected chi connectivity index (χ0v) is 5.51. The van der Waals surface area contributed by atoms with E-state index in [2.05, 4.69) is 5.32 Å². The number of aliphatic hydroxyl groups excluding tert-OH is 1. The summed E-state index contributed by atoms with van der Waals surface area (Å²) in [6.07, 6.45) is 3.98. The van der Waals surface area contributed by atoms with Crippen molar-refractivity contribution in [3.8, 4) is 0 Å². The van der Waals surface area contributed by atoms with E-state index < -0.39 is 0 Å². The van der Waals surface area contributed by atoms with Crippen LogP contribution in [0.4, 0.5) is 0 Å². The lowest BCUT2D eigenvalue weighted by Crippen LogP contribution is -2.37. The van der Waals surface area contributed by atoms with Crippen molar-refractivity contribution in [2.75, 3.05) is 6.61 Å². The average Bonchev–Trinajstić information content (AvgIpc) is 2.45. The molecule has 3 atom stereocenters. The number of fused-ring (bicyclic) bond motifs is 2. The molecule has 1 aliphatic heterocycles. The van der Waals surface area contributed by atoms with Gasteiger partial charge >= 0.3 is 0 Å². The summed E-state index contributed by atoms with van der Waals surface area (Å²) in [6, 6.07) is 1.18. The molecule has 2 nitrogen and oxygen atoms in total. The largest absolute Gasteiger partial charge is 0.395 e. The molecule has 0 aromatic rings. The van der Waals surface area contributed by atoms with Crippen molar-refractivity contribution >= 4 is 0 Å². The molecule has 52 valence electrons. The second-order valence-corrected chi connectivity index (χ2v) is 3.23. The minimum Gasteiger partial charge on any atom is -0.395 e. The van der Waals surface area contributed by atoms with E-state index in [1.165, 1.54) is 19.3 Å². The monoisotopic (exact) mass is 127 g/mol. The molecule has 2 N–H and O–H groups in total. The Labute approximate surface area is 55.3 Å². The van der Waals surface area contributed by atoms with E-state index in [1.807, 2.05) is 0 Å². The van der Waals surface area contributed by atoms with E-state index in [4.69, 9.17) is 5.11 Å². The molecule has 2 aliphatic rings. The maximum atomic E-state index is 8.83. The molecule has 1 aliphatic carbocycles. The number of rotatable bonds is 1. The van der Waals surface area contributed by atoms with Crippen LogP contribution in [0.15, 0.2) is 0 Å². The van der Waals surface area contributed by atoms with Crippen LogP contribution < -0.4 is 5.32 Å². The molecule has 2 heteroatoms. The van der Waals surface area contributed by atoms with E-state index in [1.54, 1.807) is 0 Å². The first kappa shape index (κ1) is 5.69. The van der Waals surface area contributed by atoms with Gasteiger partial charge in [-0.1, -0.05) is 0 Å². The van der Waals surface area contributed by atoms with Crippen molar-refractivity contribution < 1.29 is 5.11 Å². The molecule has 0 amide bonds. The van der Waals surface area contributed by atoms with Crippen LogP contribution in [-0.2, 0) is 0 Å². The van der Waals surface area contributed by atoms with Gasteiger partial charge in [0.15, 0.2) is 0 Å². The van der Waals surface area contributed by atoms with Crippen LogP contribution in [-0.4, -0.2) is 23.8 Å². The molecule has 0 unspecified atom stereocenters. The molecule has 0 spiro atoms. The summed E-state index contributed by atoms with van der Waals surface area (Å²) in [4.78, 5) is 0. The van der Waals surface area contributed by atoms with Crippen LogP contribution in [0.25, 0.3) is 0 Å². The van der Waals surface area contributed by atoms with Crippen LogP contribution >= 0.6 is 0 Å². The molecular formula is C7H13NO. The zero-order chi connectivity index (χ0) is 6.27. The fraction of sp³-hybridized carbons (Fsp3) is 1.00. The van der Waals surface area contributed by atoms with Crippen molar-refractivity contribution in [2.45, 2.75) is 31.3 Å². The number of nitrogens with one attached hydrogen (secondary N) is 1. The van der Waals surface area contributed by atoms with E-state index in [-0.39, 0.29) is 0 Å². The Morgan fingerprint density at radius 2 is 2.33 bits per heavy atom. The molecule has 1 saturated heterocycles. The van der Waals surface area contributed by atoms with Gasteiger partial charge in [-0.25, -0.2) is 0 Å². The van der Waals surface area contributed by atoms with Gasteiger partial charge in [-0.3, -0.25) is 0 Å². The molecule has 0 radical (unpaired) electrons. The lowest BCUT2D eigenvalue weighted by molar-refractivity contribution is 0.210. The summed E-state index contributed by atoms with van der Waals surface area (Å²) < 4.78 is 0. The summed E-state index contributed by atoms with van der Waals surface area (Å²) in [7, 11) is 0. The smallest absolute Gasteiger partial charge is 0.0587 e. The molecule has 2 rings (SSSR count). The minimum absolute atomic E-state index is 0.334. The van der Waals surface area contributed by atoms with Crippen molar-refractivity contribution in [1.82, 2.24) is 5.32 Å². The van der Waals surface area contributed by atoms with E-state index in [9.17, 15) is 0 Å². The van der Waals surface area contributed by atoms with Crippen molar-refractivity contribution in [3.63, 3.8) is 0 Å². The Hall–Kier alpha value is -0.0800. The first-order valence-corrected chi connectivity index (χ1v) is 3.77. The number of piperidine rings is 1. The Bertz CT molecular complexity index is 115.